The minimum absolute atomic E-state index is 0.151. The number of hydrazone groups is 1. The Morgan fingerprint density at radius 2 is 1.91 bits per heavy atom. The fourth-order valence-electron chi connectivity index (χ4n) is 2.94. The molecular weight excluding hydrogens is 522 g/mol. The summed E-state index contributed by atoms with van der Waals surface area (Å²) in [5, 5.41) is 13.4. The van der Waals surface area contributed by atoms with Crippen molar-refractivity contribution in [2.75, 3.05) is 12.9 Å². The first-order valence-electron chi connectivity index (χ1n) is 9.90. The molecule has 7 nitrogen and oxygen atoms in total. The summed E-state index contributed by atoms with van der Waals surface area (Å²) in [6.45, 7) is 2.04. The van der Waals surface area contributed by atoms with E-state index in [1.165, 1.54) is 23.1 Å². The molecule has 0 atom stereocenters. The van der Waals surface area contributed by atoms with Crippen LogP contribution in [0.4, 0.5) is 0 Å². The van der Waals surface area contributed by atoms with Gasteiger partial charge in [-0.3, -0.25) is 9.36 Å². The van der Waals surface area contributed by atoms with Crippen molar-refractivity contribution in [3.05, 3.63) is 74.9 Å². The van der Waals surface area contributed by atoms with Crippen LogP contribution < -0.4 is 10.2 Å². The summed E-state index contributed by atoms with van der Waals surface area (Å²) >= 11 is 6.24. The van der Waals surface area contributed by atoms with Gasteiger partial charge in [-0.05, 0) is 71.4 Å². The quantitative estimate of drug-likeness (QED) is 0.185. The van der Waals surface area contributed by atoms with Crippen LogP contribution in [0.5, 0.6) is 5.75 Å². The number of thiophene rings is 1. The molecule has 0 saturated heterocycles. The maximum absolute atomic E-state index is 12.3. The molecule has 2 aromatic heterocycles. The number of carbonyl (C=O) groups excluding carboxylic acids is 1. The molecule has 0 aliphatic carbocycles. The highest BCUT2D eigenvalue weighted by atomic mass is 79.9. The number of benzene rings is 2. The summed E-state index contributed by atoms with van der Waals surface area (Å²) in [6.07, 6.45) is 1.62. The first kappa shape index (κ1) is 23.2. The maximum Gasteiger partial charge on any atom is 0.250 e. The monoisotopic (exact) mass is 541 g/mol. The number of methoxy groups -OCH3 is 1. The van der Waals surface area contributed by atoms with Crippen LogP contribution in [0.3, 0.4) is 0 Å². The minimum atomic E-state index is -0.226. The van der Waals surface area contributed by atoms with Crippen molar-refractivity contribution >= 4 is 51.2 Å². The van der Waals surface area contributed by atoms with E-state index in [1.54, 1.807) is 13.3 Å². The average Bonchev–Trinajstić information content (AvgIpc) is 3.44. The third kappa shape index (κ3) is 5.89. The number of nitrogens with one attached hydrogen (secondary N) is 1. The highest BCUT2D eigenvalue weighted by Crippen LogP contribution is 2.29. The fourth-order valence-corrected chi connectivity index (χ4v) is 4.98. The van der Waals surface area contributed by atoms with E-state index in [9.17, 15) is 4.79 Å². The Labute approximate surface area is 208 Å². The Hall–Kier alpha value is -2.95. The number of hydrogen-bond acceptors (Lipinski definition) is 7. The second kappa shape index (κ2) is 10.8. The third-order valence-electron chi connectivity index (χ3n) is 4.58. The molecule has 0 spiro atoms. The third-order valence-corrected chi connectivity index (χ3v) is 7.07. The van der Waals surface area contributed by atoms with Gasteiger partial charge in [-0.2, -0.15) is 5.10 Å². The molecule has 10 heteroatoms. The SMILES string of the molecule is COc1ccc(-c2nnc(SCC(=O)NN=Cc3ccc(Br)s3)n2-c2ccc(C)cc2)cc1. The van der Waals surface area contributed by atoms with Crippen molar-refractivity contribution in [1.82, 2.24) is 20.2 Å². The number of amides is 1. The molecule has 1 N–H and O–H groups in total. The summed E-state index contributed by atoms with van der Waals surface area (Å²) in [5.74, 6) is 1.38. The second-order valence-corrected chi connectivity index (χ2v) is 10.4. The summed E-state index contributed by atoms with van der Waals surface area (Å²) in [5.41, 5.74) is 5.53. The summed E-state index contributed by atoms with van der Waals surface area (Å²) in [4.78, 5) is 13.3. The van der Waals surface area contributed by atoms with Crippen LogP contribution >= 0.6 is 39.0 Å². The Balaban J connectivity index is 1.53. The van der Waals surface area contributed by atoms with Crippen LogP contribution in [0.2, 0.25) is 0 Å². The Kier molecular flexibility index (Phi) is 7.58. The molecule has 33 heavy (non-hydrogen) atoms. The van der Waals surface area contributed by atoms with Crippen molar-refractivity contribution in [1.29, 1.82) is 0 Å². The van der Waals surface area contributed by atoms with Crippen LogP contribution in [0, 0.1) is 6.92 Å². The number of aromatic nitrogens is 3. The Morgan fingerprint density at radius 3 is 2.58 bits per heavy atom. The zero-order chi connectivity index (χ0) is 23.2. The lowest BCUT2D eigenvalue weighted by atomic mass is 10.2. The fraction of sp³-hybridized carbons (Fsp3) is 0.130. The highest BCUT2D eigenvalue weighted by Gasteiger charge is 2.17. The van der Waals surface area contributed by atoms with Gasteiger partial charge >= 0.3 is 0 Å². The lowest BCUT2D eigenvalue weighted by molar-refractivity contribution is -0.118. The summed E-state index contributed by atoms with van der Waals surface area (Å²) in [6, 6.07) is 19.6. The van der Waals surface area contributed by atoms with Crippen molar-refractivity contribution in [3.63, 3.8) is 0 Å². The predicted molar refractivity (Wildman–Crippen MR) is 137 cm³/mol. The molecule has 168 valence electrons. The van der Waals surface area contributed by atoms with E-state index in [2.05, 4.69) is 36.7 Å². The van der Waals surface area contributed by atoms with Gasteiger partial charge in [0.1, 0.15) is 5.75 Å². The molecule has 0 fully saturated rings. The van der Waals surface area contributed by atoms with E-state index < -0.39 is 0 Å². The van der Waals surface area contributed by atoms with Gasteiger partial charge in [-0.1, -0.05) is 29.5 Å². The standard InChI is InChI=1S/C23H20BrN5O2S2/c1-15-3-7-17(8-4-15)29-22(16-5-9-18(31-2)10-6-16)27-28-23(29)32-14-21(30)26-25-13-19-11-12-20(24)33-19/h3-13H,14H2,1-2H3,(H,26,30). The number of aryl methyl sites for hydroxylation is 1. The van der Waals surface area contributed by atoms with Crippen molar-refractivity contribution in [3.8, 4) is 22.8 Å². The van der Waals surface area contributed by atoms with Gasteiger partial charge in [0, 0.05) is 16.1 Å². The topological polar surface area (TPSA) is 81.4 Å². The van der Waals surface area contributed by atoms with E-state index in [4.69, 9.17) is 4.74 Å². The van der Waals surface area contributed by atoms with Crippen LogP contribution in [0.1, 0.15) is 10.4 Å². The van der Waals surface area contributed by atoms with Crippen molar-refractivity contribution in [2.24, 2.45) is 5.10 Å². The minimum Gasteiger partial charge on any atom is -0.497 e. The van der Waals surface area contributed by atoms with Gasteiger partial charge in [0.2, 0.25) is 0 Å². The number of carbonyl (C=O) groups is 1. The Bertz CT molecular complexity index is 1270. The molecule has 0 saturated carbocycles. The van der Waals surface area contributed by atoms with Gasteiger partial charge in [0.25, 0.3) is 5.91 Å². The van der Waals surface area contributed by atoms with Gasteiger partial charge in [-0.15, -0.1) is 21.5 Å². The van der Waals surface area contributed by atoms with E-state index in [-0.39, 0.29) is 11.7 Å². The molecule has 0 radical (unpaired) electrons. The van der Waals surface area contributed by atoms with E-state index >= 15 is 0 Å². The van der Waals surface area contributed by atoms with Crippen LogP contribution in [-0.2, 0) is 4.79 Å². The summed E-state index contributed by atoms with van der Waals surface area (Å²) < 4.78 is 8.22. The number of halogens is 1. The molecule has 4 rings (SSSR count). The first-order chi connectivity index (χ1) is 16.0. The lowest BCUT2D eigenvalue weighted by Gasteiger charge is -2.11. The number of thioether (sulfide) groups is 1. The highest BCUT2D eigenvalue weighted by molar-refractivity contribution is 9.11. The van der Waals surface area contributed by atoms with Crippen LogP contribution in [0.25, 0.3) is 17.1 Å². The van der Waals surface area contributed by atoms with Crippen LogP contribution in [-0.4, -0.2) is 39.7 Å². The number of nitrogens with zero attached hydrogens (tertiary/aromatic N) is 4. The zero-order valence-electron chi connectivity index (χ0n) is 17.9. The van der Waals surface area contributed by atoms with Gasteiger partial charge in [-0.25, -0.2) is 5.43 Å². The molecule has 0 unspecified atom stereocenters. The largest absolute Gasteiger partial charge is 0.497 e. The second-order valence-electron chi connectivity index (χ2n) is 6.93. The normalized spacial score (nSPS) is 11.1. The Morgan fingerprint density at radius 1 is 1.15 bits per heavy atom. The molecular formula is C23H20BrN5O2S2. The molecule has 0 aliphatic heterocycles. The van der Waals surface area contributed by atoms with E-state index in [0.717, 1.165) is 31.2 Å². The summed E-state index contributed by atoms with van der Waals surface area (Å²) in [7, 11) is 1.63. The molecule has 0 aliphatic rings. The number of hydrogen-bond donors (Lipinski definition) is 1. The van der Waals surface area contributed by atoms with E-state index in [0.29, 0.717) is 11.0 Å². The molecule has 4 aromatic rings. The molecule has 2 aromatic carbocycles. The van der Waals surface area contributed by atoms with Gasteiger partial charge < -0.3 is 4.74 Å². The number of ether oxygens (including phenoxy) is 1. The first-order valence-corrected chi connectivity index (χ1v) is 12.5. The van der Waals surface area contributed by atoms with E-state index in [1.807, 2.05) is 72.2 Å². The lowest BCUT2D eigenvalue weighted by Crippen LogP contribution is -2.19. The van der Waals surface area contributed by atoms with Gasteiger partial charge in [0.15, 0.2) is 11.0 Å². The molecule has 2 heterocycles. The predicted octanol–water partition coefficient (Wildman–Crippen LogP) is 5.32. The molecule has 0 bridgehead atoms. The zero-order valence-corrected chi connectivity index (χ0v) is 21.1. The van der Waals surface area contributed by atoms with Crippen molar-refractivity contribution in [2.45, 2.75) is 12.1 Å². The van der Waals surface area contributed by atoms with Gasteiger partial charge in [0.05, 0.1) is 22.9 Å². The number of rotatable bonds is 8. The maximum atomic E-state index is 12.3. The average molecular weight is 542 g/mol. The van der Waals surface area contributed by atoms with Crippen LogP contribution in [0.15, 0.2) is 74.7 Å². The molecule has 1 amide bonds. The smallest absolute Gasteiger partial charge is 0.250 e. The van der Waals surface area contributed by atoms with Crippen molar-refractivity contribution < 1.29 is 9.53 Å².